The van der Waals surface area contributed by atoms with Gasteiger partial charge in [-0.1, -0.05) is 25.0 Å². The maximum Gasteiger partial charge on any atom is 0.472 e. The van der Waals surface area contributed by atoms with E-state index in [4.69, 9.17) is 13.9 Å². The van der Waals surface area contributed by atoms with Gasteiger partial charge < -0.3 is 4.89 Å². The van der Waals surface area contributed by atoms with Crippen molar-refractivity contribution in [2.24, 2.45) is 0 Å². The standard InChI is InChI=1S/C9H19O4P/c1-4-5-7-12-14(10,11)13-8-6-9(2)3/h6H,4-5,7-8H2,1-3H3,(H,10,11). The Morgan fingerprint density at radius 1 is 1.43 bits per heavy atom. The minimum atomic E-state index is -3.82. The Labute approximate surface area is 85.5 Å². The monoisotopic (exact) mass is 222 g/mol. The summed E-state index contributed by atoms with van der Waals surface area (Å²) >= 11 is 0. The molecule has 0 aliphatic heterocycles. The highest BCUT2D eigenvalue weighted by atomic mass is 31.2. The SMILES string of the molecule is CCCCOP(=O)(O)OCC=C(C)C. The van der Waals surface area contributed by atoms with E-state index < -0.39 is 7.82 Å². The zero-order valence-corrected chi connectivity index (χ0v) is 9.92. The molecule has 14 heavy (non-hydrogen) atoms. The fraction of sp³-hybridized carbons (Fsp3) is 0.778. The van der Waals surface area contributed by atoms with E-state index in [1.54, 1.807) is 6.08 Å². The van der Waals surface area contributed by atoms with E-state index in [-0.39, 0.29) is 13.2 Å². The van der Waals surface area contributed by atoms with Crippen LogP contribution in [0.25, 0.3) is 0 Å². The molecule has 0 saturated carbocycles. The van der Waals surface area contributed by atoms with E-state index >= 15 is 0 Å². The molecule has 0 aliphatic carbocycles. The quantitative estimate of drug-likeness (QED) is 0.409. The highest BCUT2D eigenvalue weighted by Gasteiger charge is 2.19. The van der Waals surface area contributed by atoms with E-state index in [1.807, 2.05) is 20.8 Å². The first-order valence-electron chi connectivity index (χ1n) is 4.73. The van der Waals surface area contributed by atoms with Crippen molar-refractivity contribution < 1.29 is 18.5 Å². The third-order valence-electron chi connectivity index (χ3n) is 1.48. The second-order valence-electron chi connectivity index (χ2n) is 3.23. The molecule has 1 atom stereocenters. The molecule has 0 saturated heterocycles. The second-order valence-corrected chi connectivity index (χ2v) is 4.69. The first-order valence-corrected chi connectivity index (χ1v) is 6.22. The maximum atomic E-state index is 11.2. The Hall–Kier alpha value is -0.150. The van der Waals surface area contributed by atoms with E-state index in [0.717, 1.165) is 18.4 Å². The fourth-order valence-electron chi connectivity index (χ4n) is 0.660. The van der Waals surface area contributed by atoms with E-state index in [1.165, 1.54) is 0 Å². The Bertz CT molecular complexity index is 221. The Morgan fingerprint density at radius 3 is 2.57 bits per heavy atom. The summed E-state index contributed by atoms with van der Waals surface area (Å²) in [7, 11) is -3.82. The zero-order chi connectivity index (χ0) is 11.0. The average Bonchev–Trinajstić information content (AvgIpc) is 2.03. The highest BCUT2D eigenvalue weighted by Crippen LogP contribution is 2.43. The lowest BCUT2D eigenvalue weighted by molar-refractivity contribution is 0.159. The van der Waals surface area contributed by atoms with Crippen molar-refractivity contribution in [2.45, 2.75) is 33.6 Å². The van der Waals surface area contributed by atoms with Gasteiger partial charge in [-0.2, -0.15) is 0 Å². The minimum absolute atomic E-state index is 0.113. The number of phosphoric ester groups is 1. The van der Waals surface area contributed by atoms with Gasteiger partial charge >= 0.3 is 7.82 Å². The van der Waals surface area contributed by atoms with Crippen LogP contribution in [0.1, 0.15) is 33.6 Å². The molecule has 0 heterocycles. The summed E-state index contributed by atoms with van der Waals surface area (Å²) in [5.74, 6) is 0. The van der Waals surface area contributed by atoms with Gasteiger partial charge in [0.05, 0.1) is 13.2 Å². The van der Waals surface area contributed by atoms with Crippen LogP contribution in [0.2, 0.25) is 0 Å². The molecular weight excluding hydrogens is 203 g/mol. The highest BCUT2D eigenvalue weighted by molar-refractivity contribution is 7.47. The molecule has 0 bridgehead atoms. The molecule has 0 radical (unpaired) electrons. The van der Waals surface area contributed by atoms with Crippen LogP contribution in [0.3, 0.4) is 0 Å². The molecule has 0 rings (SSSR count). The van der Waals surface area contributed by atoms with Crippen LogP contribution in [0.15, 0.2) is 11.6 Å². The lowest BCUT2D eigenvalue weighted by Crippen LogP contribution is -1.97. The summed E-state index contributed by atoms with van der Waals surface area (Å²) in [5, 5.41) is 0. The van der Waals surface area contributed by atoms with Crippen molar-refractivity contribution in [3.63, 3.8) is 0 Å². The van der Waals surface area contributed by atoms with Crippen molar-refractivity contribution in [3.05, 3.63) is 11.6 Å². The smallest absolute Gasteiger partial charge is 0.302 e. The van der Waals surface area contributed by atoms with Gasteiger partial charge in [-0.15, -0.1) is 0 Å². The maximum absolute atomic E-state index is 11.2. The third kappa shape index (κ3) is 8.45. The van der Waals surface area contributed by atoms with Gasteiger partial charge in [0, 0.05) is 0 Å². The van der Waals surface area contributed by atoms with Gasteiger partial charge in [-0.3, -0.25) is 9.05 Å². The van der Waals surface area contributed by atoms with Crippen molar-refractivity contribution in [1.82, 2.24) is 0 Å². The molecule has 5 heteroatoms. The Morgan fingerprint density at radius 2 is 2.07 bits per heavy atom. The molecule has 1 N–H and O–H groups in total. The van der Waals surface area contributed by atoms with Gasteiger partial charge in [0.15, 0.2) is 0 Å². The van der Waals surface area contributed by atoms with E-state index in [0.29, 0.717) is 0 Å². The average molecular weight is 222 g/mol. The normalized spacial score (nSPS) is 14.9. The number of hydrogen-bond donors (Lipinski definition) is 1. The van der Waals surface area contributed by atoms with Crippen LogP contribution in [0.4, 0.5) is 0 Å². The molecule has 1 unspecified atom stereocenters. The number of unbranched alkanes of at least 4 members (excludes halogenated alkanes) is 1. The topological polar surface area (TPSA) is 55.8 Å². The largest absolute Gasteiger partial charge is 0.472 e. The molecular formula is C9H19O4P. The lowest BCUT2D eigenvalue weighted by atomic mass is 10.3. The summed E-state index contributed by atoms with van der Waals surface area (Å²) in [6, 6.07) is 0. The van der Waals surface area contributed by atoms with Gasteiger partial charge in [0.25, 0.3) is 0 Å². The summed E-state index contributed by atoms with van der Waals surface area (Å²) in [5.41, 5.74) is 1.04. The van der Waals surface area contributed by atoms with Crippen LogP contribution in [0, 0.1) is 0 Å². The lowest BCUT2D eigenvalue weighted by Gasteiger charge is -2.10. The van der Waals surface area contributed by atoms with Crippen molar-refractivity contribution in [2.75, 3.05) is 13.2 Å². The van der Waals surface area contributed by atoms with Crippen LogP contribution in [-0.4, -0.2) is 18.1 Å². The summed E-state index contributed by atoms with van der Waals surface area (Å²) in [4.78, 5) is 9.14. The molecule has 0 fully saturated rings. The number of hydrogen-bond acceptors (Lipinski definition) is 3. The number of rotatable bonds is 7. The van der Waals surface area contributed by atoms with Crippen LogP contribution < -0.4 is 0 Å². The predicted octanol–water partition coefficient (Wildman–Crippen LogP) is 2.89. The zero-order valence-electron chi connectivity index (χ0n) is 9.02. The number of phosphoric acid groups is 1. The summed E-state index contributed by atoms with van der Waals surface area (Å²) < 4.78 is 20.6. The van der Waals surface area contributed by atoms with Gasteiger partial charge in [-0.05, 0) is 20.3 Å². The van der Waals surface area contributed by atoms with Crippen LogP contribution in [-0.2, 0) is 13.6 Å². The van der Waals surface area contributed by atoms with E-state index in [9.17, 15) is 4.57 Å². The molecule has 0 aromatic heterocycles. The molecule has 0 aromatic rings. The first kappa shape index (κ1) is 13.8. The van der Waals surface area contributed by atoms with Crippen LogP contribution >= 0.6 is 7.82 Å². The fourth-order valence-corrected chi connectivity index (χ4v) is 1.36. The summed E-state index contributed by atoms with van der Waals surface area (Å²) in [6.45, 7) is 6.14. The molecule has 4 nitrogen and oxygen atoms in total. The third-order valence-corrected chi connectivity index (χ3v) is 2.47. The molecule has 0 aromatic carbocycles. The van der Waals surface area contributed by atoms with Gasteiger partial charge in [0.1, 0.15) is 0 Å². The van der Waals surface area contributed by atoms with Gasteiger partial charge in [0.2, 0.25) is 0 Å². The Balaban J connectivity index is 3.72. The molecule has 0 amide bonds. The second kappa shape index (κ2) is 7.18. The van der Waals surface area contributed by atoms with Crippen molar-refractivity contribution in [1.29, 1.82) is 0 Å². The molecule has 0 aliphatic rings. The predicted molar refractivity (Wildman–Crippen MR) is 56.1 cm³/mol. The van der Waals surface area contributed by atoms with Crippen molar-refractivity contribution in [3.8, 4) is 0 Å². The minimum Gasteiger partial charge on any atom is -0.302 e. The number of allylic oxidation sites excluding steroid dienone is 1. The van der Waals surface area contributed by atoms with Gasteiger partial charge in [-0.25, -0.2) is 4.57 Å². The van der Waals surface area contributed by atoms with Crippen LogP contribution in [0.5, 0.6) is 0 Å². The molecule has 0 spiro atoms. The van der Waals surface area contributed by atoms with Crippen molar-refractivity contribution >= 4 is 7.82 Å². The first-order chi connectivity index (χ1) is 6.48. The Kier molecular flexibility index (Phi) is 7.11. The molecule has 84 valence electrons. The van der Waals surface area contributed by atoms with E-state index in [2.05, 4.69) is 0 Å². The summed E-state index contributed by atoms with van der Waals surface area (Å²) in [6.07, 6.45) is 3.41.